The molecule has 17 heavy (non-hydrogen) atoms. The molecule has 0 aliphatic carbocycles. The summed E-state index contributed by atoms with van der Waals surface area (Å²) in [5.74, 6) is 0. The standard InChI is InChI=1S/C11H23N3O3/c1-11(2,3)17-10(15)13-5-7-14(8-6-13)16-9-4-12/h4-9,12H2,1-3H3. The second kappa shape index (κ2) is 6.18. The van der Waals surface area contributed by atoms with Gasteiger partial charge in [0.25, 0.3) is 0 Å². The molecule has 1 aliphatic rings. The third-order valence-corrected chi connectivity index (χ3v) is 2.28. The molecule has 1 aliphatic heterocycles. The number of piperazine rings is 1. The third kappa shape index (κ3) is 5.34. The predicted octanol–water partition coefficient (Wildman–Crippen LogP) is 0.429. The molecule has 1 heterocycles. The quantitative estimate of drug-likeness (QED) is 0.781. The summed E-state index contributed by atoms with van der Waals surface area (Å²) in [4.78, 5) is 18.9. The summed E-state index contributed by atoms with van der Waals surface area (Å²) in [5.41, 5.74) is 4.91. The monoisotopic (exact) mass is 245 g/mol. The molecule has 0 unspecified atom stereocenters. The average molecular weight is 245 g/mol. The van der Waals surface area contributed by atoms with Crippen molar-refractivity contribution in [3.8, 4) is 0 Å². The Hall–Kier alpha value is -0.850. The Morgan fingerprint density at radius 2 is 1.82 bits per heavy atom. The van der Waals surface area contributed by atoms with Crippen molar-refractivity contribution < 1.29 is 14.4 Å². The zero-order chi connectivity index (χ0) is 12.9. The smallest absolute Gasteiger partial charge is 0.410 e. The molecule has 2 N–H and O–H groups in total. The molecule has 0 radical (unpaired) electrons. The number of amides is 1. The fourth-order valence-electron chi connectivity index (χ4n) is 1.51. The van der Waals surface area contributed by atoms with Gasteiger partial charge in [-0.2, -0.15) is 5.06 Å². The van der Waals surface area contributed by atoms with Crippen molar-refractivity contribution in [3.05, 3.63) is 0 Å². The Kier molecular flexibility index (Phi) is 5.17. The summed E-state index contributed by atoms with van der Waals surface area (Å²) in [5, 5.41) is 1.84. The van der Waals surface area contributed by atoms with Crippen LogP contribution in [-0.2, 0) is 9.57 Å². The third-order valence-electron chi connectivity index (χ3n) is 2.28. The van der Waals surface area contributed by atoms with E-state index < -0.39 is 5.60 Å². The van der Waals surface area contributed by atoms with Gasteiger partial charge in [-0.3, -0.25) is 4.84 Å². The molecule has 0 aromatic carbocycles. The SMILES string of the molecule is CC(C)(C)OC(=O)N1CCN(OCCN)CC1. The van der Waals surface area contributed by atoms with Crippen LogP contribution in [0.5, 0.6) is 0 Å². The number of hydroxylamine groups is 2. The van der Waals surface area contributed by atoms with Crippen LogP contribution in [0.15, 0.2) is 0 Å². The van der Waals surface area contributed by atoms with Gasteiger partial charge in [0.2, 0.25) is 0 Å². The second-order valence-electron chi connectivity index (χ2n) is 5.02. The number of nitrogens with two attached hydrogens (primary N) is 1. The molecule has 0 bridgehead atoms. The number of hydrogen-bond donors (Lipinski definition) is 1. The van der Waals surface area contributed by atoms with Gasteiger partial charge in [0, 0.05) is 32.7 Å². The number of hydrogen-bond acceptors (Lipinski definition) is 5. The number of ether oxygens (including phenoxy) is 1. The van der Waals surface area contributed by atoms with Crippen molar-refractivity contribution >= 4 is 6.09 Å². The first kappa shape index (κ1) is 14.2. The van der Waals surface area contributed by atoms with Crippen molar-refractivity contribution in [3.63, 3.8) is 0 Å². The van der Waals surface area contributed by atoms with E-state index in [1.807, 2.05) is 25.8 Å². The summed E-state index contributed by atoms with van der Waals surface area (Å²) in [7, 11) is 0. The minimum Gasteiger partial charge on any atom is -0.444 e. The van der Waals surface area contributed by atoms with Crippen LogP contribution in [0.3, 0.4) is 0 Å². The first-order valence-electron chi connectivity index (χ1n) is 5.98. The minimum absolute atomic E-state index is 0.254. The lowest BCUT2D eigenvalue weighted by Gasteiger charge is -2.34. The number of rotatable bonds is 3. The van der Waals surface area contributed by atoms with E-state index in [0.717, 1.165) is 0 Å². The summed E-state index contributed by atoms with van der Waals surface area (Å²) < 4.78 is 5.30. The van der Waals surface area contributed by atoms with Gasteiger partial charge in [0.15, 0.2) is 0 Å². The highest BCUT2D eigenvalue weighted by molar-refractivity contribution is 5.68. The summed E-state index contributed by atoms with van der Waals surface area (Å²) >= 11 is 0. The number of nitrogens with zero attached hydrogens (tertiary/aromatic N) is 2. The van der Waals surface area contributed by atoms with Crippen molar-refractivity contribution in [1.82, 2.24) is 9.96 Å². The molecule has 0 aromatic heterocycles. The molecule has 0 saturated carbocycles. The Morgan fingerprint density at radius 1 is 1.24 bits per heavy atom. The van der Waals surface area contributed by atoms with Gasteiger partial charge in [-0.15, -0.1) is 0 Å². The summed E-state index contributed by atoms with van der Waals surface area (Å²) in [6.07, 6.45) is -0.254. The number of carbonyl (C=O) groups excluding carboxylic acids is 1. The molecule has 1 saturated heterocycles. The highest BCUT2D eigenvalue weighted by atomic mass is 16.7. The minimum atomic E-state index is -0.440. The lowest BCUT2D eigenvalue weighted by molar-refractivity contribution is -0.172. The molecule has 0 atom stereocenters. The van der Waals surface area contributed by atoms with E-state index in [1.54, 1.807) is 4.90 Å². The van der Waals surface area contributed by atoms with Crippen LogP contribution in [0.25, 0.3) is 0 Å². The van der Waals surface area contributed by atoms with Gasteiger partial charge in [-0.25, -0.2) is 4.79 Å². The Morgan fingerprint density at radius 3 is 2.29 bits per heavy atom. The van der Waals surface area contributed by atoms with Gasteiger partial charge in [0.05, 0.1) is 6.61 Å². The van der Waals surface area contributed by atoms with E-state index in [2.05, 4.69) is 0 Å². The maximum Gasteiger partial charge on any atom is 0.410 e. The zero-order valence-corrected chi connectivity index (χ0v) is 10.9. The molecule has 6 nitrogen and oxygen atoms in total. The van der Waals surface area contributed by atoms with E-state index in [1.165, 1.54) is 0 Å². The largest absolute Gasteiger partial charge is 0.444 e. The van der Waals surface area contributed by atoms with Crippen LogP contribution in [0.1, 0.15) is 20.8 Å². The highest BCUT2D eigenvalue weighted by Crippen LogP contribution is 2.11. The van der Waals surface area contributed by atoms with Crippen molar-refractivity contribution in [2.24, 2.45) is 5.73 Å². The average Bonchev–Trinajstić information content (AvgIpc) is 2.24. The van der Waals surface area contributed by atoms with Crippen LogP contribution in [0.2, 0.25) is 0 Å². The van der Waals surface area contributed by atoms with Crippen LogP contribution in [0.4, 0.5) is 4.79 Å². The second-order valence-corrected chi connectivity index (χ2v) is 5.02. The van der Waals surface area contributed by atoms with Gasteiger partial charge >= 0.3 is 6.09 Å². The normalized spacial score (nSPS) is 18.2. The van der Waals surface area contributed by atoms with E-state index in [-0.39, 0.29) is 6.09 Å². The first-order chi connectivity index (χ1) is 7.92. The topological polar surface area (TPSA) is 68.0 Å². The Bertz CT molecular complexity index is 245. The maximum absolute atomic E-state index is 11.8. The molecule has 6 heteroatoms. The van der Waals surface area contributed by atoms with E-state index >= 15 is 0 Å². The van der Waals surface area contributed by atoms with Crippen LogP contribution in [-0.4, -0.2) is 61.0 Å². The molecular weight excluding hydrogens is 222 g/mol. The molecule has 1 rings (SSSR count). The van der Waals surface area contributed by atoms with Gasteiger partial charge in [0.1, 0.15) is 5.60 Å². The highest BCUT2D eigenvalue weighted by Gasteiger charge is 2.25. The molecule has 100 valence electrons. The van der Waals surface area contributed by atoms with Crippen molar-refractivity contribution in [1.29, 1.82) is 0 Å². The molecule has 0 aromatic rings. The maximum atomic E-state index is 11.8. The fraction of sp³-hybridized carbons (Fsp3) is 0.909. The van der Waals surface area contributed by atoms with Crippen molar-refractivity contribution in [2.75, 3.05) is 39.3 Å². The van der Waals surface area contributed by atoms with Gasteiger partial charge in [-0.1, -0.05) is 0 Å². The first-order valence-corrected chi connectivity index (χ1v) is 5.98. The Labute approximate surface area is 103 Å². The van der Waals surface area contributed by atoms with E-state index in [9.17, 15) is 4.79 Å². The summed E-state index contributed by atoms with van der Waals surface area (Å²) in [6, 6.07) is 0. The van der Waals surface area contributed by atoms with Crippen LogP contribution < -0.4 is 5.73 Å². The van der Waals surface area contributed by atoms with E-state index in [0.29, 0.717) is 39.3 Å². The van der Waals surface area contributed by atoms with Crippen LogP contribution in [0, 0.1) is 0 Å². The molecule has 1 fully saturated rings. The zero-order valence-electron chi connectivity index (χ0n) is 10.9. The lowest BCUT2D eigenvalue weighted by Crippen LogP contribution is -2.50. The van der Waals surface area contributed by atoms with E-state index in [4.69, 9.17) is 15.3 Å². The fourth-order valence-corrected chi connectivity index (χ4v) is 1.51. The van der Waals surface area contributed by atoms with Gasteiger partial charge in [-0.05, 0) is 20.8 Å². The van der Waals surface area contributed by atoms with Gasteiger partial charge < -0.3 is 15.4 Å². The van der Waals surface area contributed by atoms with Crippen molar-refractivity contribution in [2.45, 2.75) is 26.4 Å². The molecule has 1 amide bonds. The van der Waals surface area contributed by atoms with Crippen LogP contribution >= 0.6 is 0 Å². The molecular formula is C11H23N3O3. The lowest BCUT2D eigenvalue weighted by atomic mass is 10.2. The predicted molar refractivity (Wildman–Crippen MR) is 64.4 cm³/mol. The number of carbonyl (C=O) groups is 1. The molecule has 0 spiro atoms. The summed E-state index contributed by atoms with van der Waals surface area (Å²) in [6.45, 7) is 9.26. The Balaban J connectivity index is 2.29.